The van der Waals surface area contributed by atoms with Crippen LogP contribution in [0.2, 0.25) is 0 Å². The van der Waals surface area contributed by atoms with E-state index in [0.717, 1.165) is 29.8 Å². The van der Waals surface area contributed by atoms with Crippen LogP contribution >= 0.6 is 0 Å². The van der Waals surface area contributed by atoms with Gasteiger partial charge in [0, 0.05) is 25.5 Å². The number of rotatable bonds is 4. The maximum absolute atomic E-state index is 12.4. The lowest BCUT2D eigenvalue weighted by molar-refractivity contribution is 0.102. The Morgan fingerprint density at radius 3 is 2.72 bits per heavy atom. The smallest absolute Gasteiger partial charge is 0.266 e. The van der Waals surface area contributed by atoms with Crippen molar-refractivity contribution in [2.45, 2.75) is 20.3 Å². The van der Waals surface area contributed by atoms with E-state index in [1.807, 2.05) is 6.92 Å². The molecule has 0 radical (unpaired) electrons. The van der Waals surface area contributed by atoms with Crippen molar-refractivity contribution in [1.29, 1.82) is 0 Å². The lowest BCUT2D eigenvalue weighted by Crippen LogP contribution is -2.32. The molecule has 1 amide bonds. The summed E-state index contributed by atoms with van der Waals surface area (Å²) in [5, 5.41) is 15.0. The molecule has 3 aromatic heterocycles. The normalized spacial score (nSPS) is 14.2. The third-order valence-electron chi connectivity index (χ3n) is 4.89. The van der Waals surface area contributed by atoms with Gasteiger partial charge in [0.2, 0.25) is 0 Å². The first-order valence-corrected chi connectivity index (χ1v) is 9.23. The molecule has 1 aliphatic rings. The summed E-state index contributed by atoms with van der Waals surface area (Å²) < 4.78 is 0. The Hall–Kier alpha value is -3.69. The van der Waals surface area contributed by atoms with E-state index in [4.69, 9.17) is 0 Å². The summed E-state index contributed by atoms with van der Waals surface area (Å²) in [6.45, 7) is 5.42. The number of nitrogens with zero attached hydrogens (tertiary/aromatic N) is 8. The standard InChI is InChI=1S/C19H21N9O/c1-12-4-6-20-8-14(12)18(29)23-17-10-21-16(9-22-17)15-11-28(7-5-13(15)2)19-24-26-27(3)25-19/h4,6,8-10H,5,7,11H2,1-3H3,(H,22,23,29). The van der Waals surface area contributed by atoms with Crippen LogP contribution in [0.15, 0.2) is 36.4 Å². The SMILES string of the molecule is CC1=C(c2cnc(NC(=O)c3cnccc3C)cn2)CN(c2nnn(C)n2)CC1. The number of carbonyl (C=O) groups excluding carboxylic acids is 1. The van der Waals surface area contributed by atoms with Gasteiger partial charge in [0.1, 0.15) is 0 Å². The quantitative estimate of drug-likeness (QED) is 0.714. The Balaban J connectivity index is 1.49. The van der Waals surface area contributed by atoms with Gasteiger partial charge in [-0.25, -0.2) is 4.98 Å². The van der Waals surface area contributed by atoms with E-state index in [-0.39, 0.29) is 5.91 Å². The predicted octanol–water partition coefficient (Wildman–Crippen LogP) is 1.64. The maximum Gasteiger partial charge on any atom is 0.266 e. The highest BCUT2D eigenvalue weighted by Crippen LogP contribution is 2.26. The van der Waals surface area contributed by atoms with Crippen molar-refractivity contribution in [3.8, 4) is 0 Å². The molecule has 0 fully saturated rings. The molecule has 148 valence electrons. The van der Waals surface area contributed by atoms with E-state index in [1.54, 1.807) is 31.7 Å². The molecule has 0 saturated heterocycles. The molecule has 1 aliphatic heterocycles. The van der Waals surface area contributed by atoms with Gasteiger partial charge < -0.3 is 10.2 Å². The molecule has 0 bridgehead atoms. The van der Waals surface area contributed by atoms with Crippen LogP contribution in [0.5, 0.6) is 0 Å². The Morgan fingerprint density at radius 1 is 1.17 bits per heavy atom. The van der Waals surface area contributed by atoms with Gasteiger partial charge in [-0.15, -0.1) is 5.10 Å². The lowest BCUT2D eigenvalue weighted by Gasteiger charge is -2.28. The van der Waals surface area contributed by atoms with Crippen LogP contribution in [0.25, 0.3) is 5.57 Å². The number of pyridine rings is 1. The number of nitrogens with one attached hydrogen (secondary N) is 1. The molecular weight excluding hydrogens is 370 g/mol. The largest absolute Gasteiger partial charge is 0.333 e. The van der Waals surface area contributed by atoms with Crippen molar-refractivity contribution in [2.75, 3.05) is 23.3 Å². The number of hydrogen-bond acceptors (Lipinski definition) is 8. The molecule has 10 heteroatoms. The number of aryl methyl sites for hydroxylation is 2. The van der Waals surface area contributed by atoms with Crippen LogP contribution in [0.1, 0.15) is 35.0 Å². The number of aromatic nitrogens is 7. The third-order valence-corrected chi connectivity index (χ3v) is 4.89. The van der Waals surface area contributed by atoms with Crippen LogP contribution in [0.3, 0.4) is 0 Å². The van der Waals surface area contributed by atoms with E-state index in [0.29, 0.717) is 23.9 Å². The topological polar surface area (TPSA) is 115 Å². The second kappa shape index (κ2) is 7.74. The Labute approximate surface area is 167 Å². The van der Waals surface area contributed by atoms with Gasteiger partial charge in [-0.2, -0.15) is 4.80 Å². The van der Waals surface area contributed by atoms with Crippen LogP contribution in [0, 0.1) is 6.92 Å². The number of anilines is 2. The second-order valence-corrected chi connectivity index (χ2v) is 6.94. The monoisotopic (exact) mass is 391 g/mol. The molecule has 3 aromatic rings. The van der Waals surface area contributed by atoms with Crippen molar-refractivity contribution < 1.29 is 4.79 Å². The lowest BCUT2D eigenvalue weighted by atomic mass is 9.99. The molecule has 1 N–H and O–H groups in total. The summed E-state index contributed by atoms with van der Waals surface area (Å²) in [5.41, 5.74) is 4.46. The van der Waals surface area contributed by atoms with Crippen LogP contribution in [-0.4, -0.2) is 54.2 Å². The fourth-order valence-corrected chi connectivity index (χ4v) is 3.16. The minimum Gasteiger partial charge on any atom is -0.333 e. The van der Waals surface area contributed by atoms with Gasteiger partial charge in [-0.05, 0) is 42.7 Å². The Kier molecular flexibility index (Phi) is 4.98. The summed E-state index contributed by atoms with van der Waals surface area (Å²) in [6, 6.07) is 1.79. The average Bonchev–Trinajstić information content (AvgIpc) is 3.16. The summed E-state index contributed by atoms with van der Waals surface area (Å²) in [5.74, 6) is 0.732. The molecule has 4 rings (SSSR count). The molecule has 0 unspecified atom stereocenters. The zero-order valence-electron chi connectivity index (χ0n) is 16.5. The highest BCUT2D eigenvalue weighted by Gasteiger charge is 2.22. The highest BCUT2D eigenvalue weighted by molar-refractivity contribution is 6.04. The third kappa shape index (κ3) is 3.96. The minimum atomic E-state index is -0.259. The number of amides is 1. The fourth-order valence-electron chi connectivity index (χ4n) is 3.16. The zero-order valence-corrected chi connectivity index (χ0v) is 16.5. The molecular formula is C19H21N9O. The van der Waals surface area contributed by atoms with E-state index in [1.165, 1.54) is 16.6 Å². The molecule has 0 atom stereocenters. The highest BCUT2D eigenvalue weighted by atomic mass is 16.1. The average molecular weight is 391 g/mol. The van der Waals surface area contributed by atoms with Gasteiger partial charge in [0.05, 0.1) is 30.7 Å². The van der Waals surface area contributed by atoms with Crippen LogP contribution < -0.4 is 10.2 Å². The number of tetrazole rings is 1. The van der Waals surface area contributed by atoms with Gasteiger partial charge in [-0.3, -0.25) is 14.8 Å². The molecule has 29 heavy (non-hydrogen) atoms. The minimum absolute atomic E-state index is 0.259. The molecule has 0 saturated carbocycles. The molecule has 0 aliphatic carbocycles. The first-order valence-electron chi connectivity index (χ1n) is 9.23. The van der Waals surface area contributed by atoms with E-state index < -0.39 is 0 Å². The molecule has 0 aromatic carbocycles. The van der Waals surface area contributed by atoms with Crippen molar-refractivity contribution in [3.63, 3.8) is 0 Å². The van der Waals surface area contributed by atoms with Gasteiger partial charge in [0.25, 0.3) is 11.9 Å². The van der Waals surface area contributed by atoms with Crippen molar-refractivity contribution >= 4 is 23.2 Å². The predicted molar refractivity (Wildman–Crippen MR) is 107 cm³/mol. The van der Waals surface area contributed by atoms with Crippen molar-refractivity contribution in [2.24, 2.45) is 7.05 Å². The van der Waals surface area contributed by atoms with Crippen LogP contribution in [-0.2, 0) is 7.05 Å². The van der Waals surface area contributed by atoms with E-state index in [2.05, 4.69) is 47.5 Å². The summed E-state index contributed by atoms with van der Waals surface area (Å²) in [6.07, 6.45) is 7.32. The summed E-state index contributed by atoms with van der Waals surface area (Å²) in [7, 11) is 1.74. The molecule has 10 nitrogen and oxygen atoms in total. The first kappa shape index (κ1) is 18.7. The van der Waals surface area contributed by atoms with Gasteiger partial charge >= 0.3 is 0 Å². The Bertz CT molecular complexity index is 1070. The fraction of sp³-hybridized carbons (Fsp3) is 0.316. The van der Waals surface area contributed by atoms with Crippen molar-refractivity contribution in [3.05, 3.63) is 53.2 Å². The van der Waals surface area contributed by atoms with Gasteiger partial charge in [0.15, 0.2) is 5.82 Å². The number of hydrogen-bond donors (Lipinski definition) is 1. The Morgan fingerprint density at radius 2 is 2.03 bits per heavy atom. The zero-order chi connectivity index (χ0) is 20.4. The van der Waals surface area contributed by atoms with Crippen molar-refractivity contribution in [1.82, 2.24) is 35.2 Å². The molecule has 4 heterocycles. The van der Waals surface area contributed by atoms with E-state index >= 15 is 0 Å². The summed E-state index contributed by atoms with van der Waals surface area (Å²) >= 11 is 0. The number of carbonyl (C=O) groups is 1. The molecule has 0 spiro atoms. The maximum atomic E-state index is 12.4. The first-order chi connectivity index (χ1) is 14.0. The van der Waals surface area contributed by atoms with E-state index in [9.17, 15) is 4.79 Å². The van der Waals surface area contributed by atoms with Crippen LogP contribution in [0.4, 0.5) is 11.8 Å². The second-order valence-electron chi connectivity index (χ2n) is 6.94. The van der Waals surface area contributed by atoms with Gasteiger partial charge in [-0.1, -0.05) is 10.7 Å². The summed E-state index contributed by atoms with van der Waals surface area (Å²) in [4.78, 5) is 28.8.